The molecule has 0 saturated heterocycles. The van der Waals surface area contributed by atoms with Gasteiger partial charge in [-0.25, -0.2) is 30.7 Å². The van der Waals surface area contributed by atoms with Gasteiger partial charge in [0.2, 0.25) is 15.9 Å². The average Bonchev–Trinajstić information content (AvgIpc) is 3.73. The molecular weight excluding hydrogens is 684 g/mol. The molecule has 15 heteroatoms. The van der Waals surface area contributed by atoms with Gasteiger partial charge in [-0.1, -0.05) is 37.5 Å². The third-order valence-corrected chi connectivity index (χ3v) is 11.3. The van der Waals surface area contributed by atoms with Crippen LogP contribution in [0.15, 0.2) is 65.7 Å². The monoisotopic (exact) mass is 717 g/mol. The first-order chi connectivity index (χ1) is 23.8. The van der Waals surface area contributed by atoms with Crippen LogP contribution in [0.5, 0.6) is 0 Å². The van der Waals surface area contributed by atoms with Gasteiger partial charge in [0, 0.05) is 35.3 Å². The Morgan fingerprint density at radius 2 is 1.68 bits per heavy atom. The summed E-state index contributed by atoms with van der Waals surface area (Å²) >= 11 is 0. The molecule has 2 heterocycles. The van der Waals surface area contributed by atoms with Crippen LogP contribution in [0.2, 0.25) is 0 Å². The van der Waals surface area contributed by atoms with Crippen molar-refractivity contribution in [2.75, 3.05) is 0 Å². The second-order valence-corrected chi connectivity index (χ2v) is 14.9. The highest BCUT2D eigenvalue weighted by atomic mass is 32.2. The number of hydrogen-bond donors (Lipinski definition) is 2. The first kappa shape index (κ1) is 34.2. The molecule has 2 unspecified atom stereocenters. The molecule has 2 N–H and O–H groups in total. The average molecular weight is 718 g/mol. The van der Waals surface area contributed by atoms with Crippen molar-refractivity contribution in [1.29, 1.82) is 0 Å². The lowest BCUT2D eigenvalue weighted by atomic mass is 9.95. The Bertz CT molecular complexity index is 2010. The van der Waals surface area contributed by atoms with Gasteiger partial charge in [-0.05, 0) is 73.1 Å². The molecule has 0 spiro atoms. The Morgan fingerprint density at radius 1 is 0.980 bits per heavy atom. The zero-order valence-electron chi connectivity index (χ0n) is 26.6. The second kappa shape index (κ2) is 13.1. The summed E-state index contributed by atoms with van der Waals surface area (Å²) in [5, 5.41) is 6.41. The van der Waals surface area contributed by atoms with E-state index in [-0.39, 0.29) is 40.6 Å². The predicted molar refractivity (Wildman–Crippen MR) is 170 cm³/mol. The van der Waals surface area contributed by atoms with E-state index in [1.807, 2.05) is 0 Å². The molecule has 4 aromatic rings. The molecule has 1 amide bonds. The molecule has 264 valence electrons. The SMILES string of the molecule is O=C(Cn1nc(C(F)F)c2c1C(F)(F)C1CC21)N[C@@H](Cc1cc(F)cc(F)c1)c1ncccc1-c1ccc(S(=O)(=O)NC2CCCCC2)cc1. The van der Waals surface area contributed by atoms with E-state index in [0.717, 1.165) is 44.2 Å². The van der Waals surface area contributed by atoms with Gasteiger partial charge < -0.3 is 5.32 Å². The highest BCUT2D eigenvalue weighted by Gasteiger charge is 2.67. The van der Waals surface area contributed by atoms with E-state index in [9.17, 15) is 30.8 Å². The number of hydrogen-bond acceptors (Lipinski definition) is 5. The number of carbonyl (C=O) groups is 1. The molecule has 3 atom stereocenters. The Kier molecular flexibility index (Phi) is 8.99. The van der Waals surface area contributed by atoms with Crippen LogP contribution >= 0.6 is 0 Å². The molecule has 0 bridgehead atoms. The molecule has 3 aliphatic carbocycles. The van der Waals surface area contributed by atoms with E-state index in [1.165, 1.54) is 18.3 Å². The predicted octanol–water partition coefficient (Wildman–Crippen LogP) is 7.08. The van der Waals surface area contributed by atoms with Crippen molar-refractivity contribution in [3.8, 4) is 11.1 Å². The largest absolute Gasteiger partial charge is 0.346 e. The van der Waals surface area contributed by atoms with Crippen molar-refractivity contribution in [1.82, 2.24) is 24.8 Å². The van der Waals surface area contributed by atoms with Crippen molar-refractivity contribution in [2.24, 2.45) is 5.92 Å². The molecule has 2 aromatic carbocycles. The van der Waals surface area contributed by atoms with E-state index in [1.54, 1.807) is 24.3 Å². The fourth-order valence-corrected chi connectivity index (χ4v) is 8.70. The van der Waals surface area contributed by atoms with Crippen LogP contribution in [0.3, 0.4) is 0 Å². The molecule has 8 nitrogen and oxygen atoms in total. The molecule has 50 heavy (non-hydrogen) atoms. The van der Waals surface area contributed by atoms with Crippen molar-refractivity contribution >= 4 is 15.9 Å². The number of fused-ring (bicyclic) bond motifs is 3. The van der Waals surface area contributed by atoms with Crippen LogP contribution in [-0.4, -0.2) is 35.1 Å². The molecule has 3 aliphatic rings. The minimum absolute atomic E-state index is 0.0571. The van der Waals surface area contributed by atoms with E-state index in [0.29, 0.717) is 21.9 Å². The van der Waals surface area contributed by atoms with Crippen molar-refractivity contribution in [2.45, 2.75) is 86.7 Å². The highest BCUT2D eigenvalue weighted by molar-refractivity contribution is 7.89. The standard InChI is InChI=1S/C35H33F6N5O3S/c36-21-13-19(14-22(37)16-21)15-28(43-29(47)18-46-33-30(32(44-46)34(38)39)26-17-27(26)35(33,40)41)31-25(7-4-12-42-31)20-8-10-24(11-9-20)50(48,49)45-23-5-2-1-3-6-23/h4,7-14,16,23,26-28,34,45H,1-3,5-6,15,17-18H2,(H,43,47)/t26?,27?,28-/m0/s1. The molecular formula is C35H33F6N5O3S. The summed E-state index contributed by atoms with van der Waals surface area (Å²) in [7, 11) is -3.80. The molecule has 2 aromatic heterocycles. The molecule has 2 fully saturated rings. The summed E-state index contributed by atoms with van der Waals surface area (Å²) in [6, 6.07) is 10.9. The van der Waals surface area contributed by atoms with Crippen LogP contribution in [0.4, 0.5) is 26.3 Å². The van der Waals surface area contributed by atoms with Gasteiger partial charge in [0.15, 0.2) is 0 Å². The van der Waals surface area contributed by atoms with Crippen LogP contribution in [0.1, 0.15) is 85.1 Å². The van der Waals surface area contributed by atoms with E-state index >= 15 is 8.78 Å². The van der Waals surface area contributed by atoms with Crippen molar-refractivity contribution < 1.29 is 39.6 Å². The van der Waals surface area contributed by atoms with Gasteiger partial charge in [0.1, 0.15) is 29.6 Å². The van der Waals surface area contributed by atoms with Gasteiger partial charge >= 0.3 is 0 Å². The minimum Gasteiger partial charge on any atom is -0.346 e. The Labute approximate surface area is 284 Å². The van der Waals surface area contributed by atoms with Crippen LogP contribution in [-0.2, 0) is 33.7 Å². The summed E-state index contributed by atoms with van der Waals surface area (Å²) < 4.78 is 116. The Balaban J connectivity index is 1.19. The number of carbonyl (C=O) groups excluding carboxylic acids is 1. The molecule has 0 radical (unpaired) electrons. The lowest BCUT2D eigenvalue weighted by molar-refractivity contribution is -0.123. The lowest BCUT2D eigenvalue weighted by Gasteiger charge is -2.23. The maximum atomic E-state index is 15.2. The first-order valence-electron chi connectivity index (χ1n) is 16.4. The quantitative estimate of drug-likeness (QED) is 0.161. The van der Waals surface area contributed by atoms with Gasteiger partial charge in [0.05, 0.1) is 16.6 Å². The fourth-order valence-electron chi connectivity index (χ4n) is 7.39. The topological polar surface area (TPSA) is 106 Å². The number of halogens is 6. The van der Waals surface area contributed by atoms with E-state index in [2.05, 4.69) is 20.1 Å². The molecule has 2 saturated carbocycles. The zero-order valence-corrected chi connectivity index (χ0v) is 27.4. The van der Waals surface area contributed by atoms with E-state index < -0.39 is 75.7 Å². The van der Waals surface area contributed by atoms with Crippen LogP contribution in [0.25, 0.3) is 11.1 Å². The molecule has 7 rings (SSSR count). The zero-order chi connectivity index (χ0) is 35.4. The number of aromatic nitrogens is 3. The summed E-state index contributed by atoms with van der Waals surface area (Å²) in [6.45, 7) is -0.819. The second-order valence-electron chi connectivity index (χ2n) is 13.2. The Morgan fingerprint density at radius 3 is 2.36 bits per heavy atom. The summed E-state index contributed by atoms with van der Waals surface area (Å²) in [6.07, 6.45) is 2.68. The van der Waals surface area contributed by atoms with E-state index in [4.69, 9.17) is 0 Å². The minimum atomic E-state index is -3.80. The lowest BCUT2D eigenvalue weighted by Crippen LogP contribution is -2.36. The van der Waals surface area contributed by atoms with Crippen LogP contribution < -0.4 is 10.0 Å². The van der Waals surface area contributed by atoms with Gasteiger partial charge in [-0.15, -0.1) is 0 Å². The summed E-state index contributed by atoms with van der Waals surface area (Å²) in [5.41, 5.74) is -0.334. The highest BCUT2D eigenvalue weighted by Crippen LogP contribution is 2.68. The summed E-state index contributed by atoms with van der Waals surface area (Å²) in [5.74, 6) is -7.88. The fraction of sp³-hybridized carbons (Fsp3) is 0.400. The number of nitrogens with one attached hydrogen (secondary N) is 2. The van der Waals surface area contributed by atoms with Gasteiger partial charge in [0.25, 0.3) is 12.3 Å². The van der Waals surface area contributed by atoms with Crippen molar-refractivity contribution in [3.63, 3.8) is 0 Å². The number of rotatable bonds is 11. The number of amides is 1. The maximum Gasteiger partial charge on any atom is 0.293 e. The number of benzene rings is 2. The first-order valence-corrected chi connectivity index (χ1v) is 17.9. The number of nitrogens with zero attached hydrogens (tertiary/aromatic N) is 3. The summed E-state index contributed by atoms with van der Waals surface area (Å²) in [4.78, 5) is 18.0. The third-order valence-electron chi connectivity index (χ3n) is 9.73. The Hall–Kier alpha value is -4.24. The number of sulfonamides is 1. The normalized spacial score (nSPS) is 20.4. The number of pyridine rings is 1. The smallest absolute Gasteiger partial charge is 0.293 e. The van der Waals surface area contributed by atoms with Crippen LogP contribution in [0, 0.1) is 17.6 Å². The maximum absolute atomic E-state index is 15.2. The van der Waals surface area contributed by atoms with Gasteiger partial charge in [-0.2, -0.15) is 13.9 Å². The molecule has 0 aliphatic heterocycles. The van der Waals surface area contributed by atoms with Crippen molar-refractivity contribution in [3.05, 3.63) is 101 Å². The third kappa shape index (κ3) is 6.64. The van der Waals surface area contributed by atoms with Gasteiger partial charge in [-0.3, -0.25) is 14.5 Å². The number of alkyl halides is 4.